The Morgan fingerprint density at radius 2 is 1.84 bits per heavy atom. The molecule has 1 unspecified atom stereocenters. The molecule has 1 aliphatic heterocycles. The van der Waals surface area contributed by atoms with E-state index in [1.54, 1.807) is 18.2 Å². The number of alkyl halides is 3. The minimum Gasteiger partial charge on any atom is -0.493 e. The van der Waals surface area contributed by atoms with Crippen molar-refractivity contribution >= 4 is 34.9 Å². The maximum absolute atomic E-state index is 12.9. The lowest BCUT2D eigenvalue weighted by Crippen LogP contribution is -2.39. The smallest absolute Gasteiger partial charge is 0.416 e. The third-order valence-corrected chi connectivity index (χ3v) is 5.01. The third-order valence-electron chi connectivity index (χ3n) is 4.68. The molecular weight excluding hydrogens is 439 g/mol. The Hall–Kier alpha value is -3.14. The molecular formula is C20H19ClF3N3O4. The number of benzene rings is 2. The van der Waals surface area contributed by atoms with E-state index in [1.807, 2.05) is 0 Å². The second kappa shape index (κ2) is 8.93. The van der Waals surface area contributed by atoms with E-state index in [4.69, 9.17) is 21.1 Å². The van der Waals surface area contributed by atoms with Crippen LogP contribution in [-0.2, 0) is 11.0 Å². The lowest BCUT2D eigenvalue weighted by molar-refractivity contribution is -0.137. The number of ether oxygens (including phenoxy) is 2. The van der Waals surface area contributed by atoms with Crippen molar-refractivity contribution in [2.24, 2.45) is 0 Å². The summed E-state index contributed by atoms with van der Waals surface area (Å²) < 4.78 is 49.1. The van der Waals surface area contributed by atoms with E-state index in [0.29, 0.717) is 17.2 Å². The predicted octanol–water partition coefficient (Wildman–Crippen LogP) is 4.30. The maximum atomic E-state index is 12.9. The van der Waals surface area contributed by atoms with Crippen molar-refractivity contribution in [3.63, 3.8) is 0 Å². The van der Waals surface area contributed by atoms with Gasteiger partial charge in [0.05, 0.1) is 36.5 Å². The number of rotatable bonds is 5. The molecule has 1 aliphatic rings. The molecule has 3 rings (SSSR count). The number of carbonyl (C=O) groups is 2. The van der Waals surface area contributed by atoms with Gasteiger partial charge in [0.15, 0.2) is 11.5 Å². The second-order valence-electron chi connectivity index (χ2n) is 6.74. The molecule has 1 fully saturated rings. The Morgan fingerprint density at radius 1 is 1.13 bits per heavy atom. The molecule has 0 saturated carbocycles. The van der Waals surface area contributed by atoms with Crippen molar-refractivity contribution < 1.29 is 32.2 Å². The zero-order valence-corrected chi connectivity index (χ0v) is 17.3. The summed E-state index contributed by atoms with van der Waals surface area (Å²) in [4.78, 5) is 26.2. The van der Waals surface area contributed by atoms with Gasteiger partial charge in [0.1, 0.15) is 0 Å². The second-order valence-corrected chi connectivity index (χ2v) is 7.14. The summed E-state index contributed by atoms with van der Waals surface area (Å²) >= 11 is 5.89. The number of nitrogens with one attached hydrogen (secondary N) is 2. The summed E-state index contributed by atoms with van der Waals surface area (Å²) in [7, 11) is 2.97. The normalized spacial score (nSPS) is 16.3. The number of hydrogen-bond acceptors (Lipinski definition) is 4. The molecule has 166 valence electrons. The predicted molar refractivity (Wildman–Crippen MR) is 109 cm³/mol. The first kappa shape index (κ1) is 22.5. The van der Waals surface area contributed by atoms with Crippen LogP contribution in [0.15, 0.2) is 36.4 Å². The van der Waals surface area contributed by atoms with Crippen molar-refractivity contribution in [3.8, 4) is 11.5 Å². The summed E-state index contributed by atoms with van der Waals surface area (Å²) in [5, 5.41) is 4.85. The number of nitrogens with zero attached hydrogens (tertiary/aromatic N) is 1. The fourth-order valence-electron chi connectivity index (χ4n) is 3.19. The molecule has 31 heavy (non-hydrogen) atoms. The maximum Gasteiger partial charge on any atom is 0.416 e. The summed E-state index contributed by atoms with van der Waals surface area (Å²) in [5.41, 5.74) is -0.564. The molecule has 3 amide bonds. The van der Waals surface area contributed by atoms with Crippen LogP contribution in [0.3, 0.4) is 0 Å². The van der Waals surface area contributed by atoms with Crippen LogP contribution in [0.5, 0.6) is 11.5 Å². The van der Waals surface area contributed by atoms with Gasteiger partial charge >= 0.3 is 12.2 Å². The van der Waals surface area contributed by atoms with Crippen molar-refractivity contribution in [1.82, 2.24) is 5.32 Å². The van der Waals surface area contributed by atoms with E-state index in [-0.39, 0.29) is 29.6 Å². The van der Waals surface area contributed by atoms with Gasteiger partial charge in [-0.1, -0.05) is 11.6 Å². The van der Waals surface area contributed by atoms with E-state index in [0.717, 1.165) is 18.2 Å². The Kier molecular flexibility index (Phi) is 6.49. The summed E-state index contributed by atoms with van der Waals surface area (Å²) in [6, 6.07) is 6.28. The van der Waals surface area contributed by atoms with Crippen LogP contribution in [0.4, 0.5) is 29.3 Å². The quantitative estimate of drug-likeness (QED) is 0.701. The number of hydrogen-bond donors (Lipinski definition) is 2. The van der Waals surface area contributed by atoms with Crippen LogP contribution in [0.25, 0.3) is 0 Å². The van der Waals surface area contributed by atoms with Crippen molar-refractivity contribution in [3.05, 3.63) is 47.0 Å². The van der Waals surface area contributed by atoms with Crippen LogP contribution in [0, 0.1) is 0 Å². The average Bonchev–Trinajstić information content (AvgIpc) is 3.07. The van der Waals surface area contributed by atoms with Gasteiger partial charge in [-0.15, -0.1) is 0 Å². The summed E-state index contributed by atoms with van der Waals surface area (Å²) in [5.74, 6) is 0.723. The number of urea groups is 1. The van der Waals surface area contributed by atoms with Gasteiger partial charge in [0, 0.05) is 24.7 Å². The van der Waals surface area contributed by atoms with Gasteiger partial charge in [-0.3, -0.25) is 4.79 Å². The number of amides is 3. The summed E-state index contributed by atoms with van der Waals surface area (Å²) in [6.07, 6.45) is -4.55. The molecule has 0 aliphatic carbocycles. The fraction of sp³-hybridized carbons (Fsp3) is 0.300. The van der Waals surface area contributed by atoms with Crippen LogP contribution in [0.1, 0.15) is 12.0 Å². The van der Waals surface area contributed by atoms with Gasteiger partial charge in [0.25, 0.3) is 0 Å². The molecule has 2 N–H and O–H groups in total. The van der Waals surface area contributed by atoms with E-state index in [9.17, 15) is 22.8 Å². The monoisotopic (exact) mass is 457 g/mol. The standard InChI is InChI=1S/C20H19ClF3N3O4/c1-30-16-6-4-13(9-17(16)31-2)27-10-12(8-18(27)28)25-19(29)26-15-7-11(20(22,23)24)3-5-14(15)21/h3-7,9,12H,8,10H2,1-2H3,(H2,25,26,29). The van der Waals surface area contributed by atoms with Gasteiger partial charge in [-0.25, -0.2) is 4.79 Å². The Morgan fingerprint density at radius 3 is 2.48 bits per heavy atom. The SMILES string of the molecule is COc1ccc(N2CC(NC(=O)Nc3cc(C(F)(F)F)ccc3Cl)CC2=O)cc1OC. The highest BCUT2D eigenvalue weighted by Crippen LogP contribution is 2.34. The van der Waals surface area contributed by atoms with Gasteiger partial charge in [-0.05, 0) is 30.3 Å². The minimum absolute atomic E-state index is 0.0259. The summed E-state index contributed by atoms with van der Waals surface area (Å²) in [6.45, 7) is 0.179. The van der Waals surface area contributed by atoms with Crippen LogP contribution in [-0.4, -0.2) is 38.7 Å². The highest BCUT2D eigenvalue weighted by atomic mass is 35.5. The number of methoxy groups -OCH3 is 2. The Bertz CT molecular complexity index is 1000. The molecule has 2 aromatic carbocycles. The first-order valence-corrected chi connectivity index (χ1v) is 9.47. The van der Waals surface area contributed by atoms with E-state index < -0.39 is 23.8 Å². The molecule has 1 atom stereocenters. The van der Waals surface area contributed by atoms with Crippen LogP contribution in [0.2, 0.25) is 5.02 Å². The molecule has 0 spiro atoms. The topological polar surface area (TPSA) is 79.9 Å². The first-order valence-electron chi connectivity index (χ1n) is 9.09. The molecule has 2 aromatic rings. The number of halogens is 4. The molecule has 0 bridgehead atoms. The first-order chi connectivity index (χ1) is 14.6. The molecule has 0 radical (unpaired) electrons. The largest absolute Gasteiger partial charge is 0.493 e. The number of anilines is 2. The van der Waals surface area contributed by atoms with Crippen LogP contribution < -0.4 is 25.0 Å². The van der Waals surface area contributed by atoms with Gasteiger partial charge in [0.2, 0.25) is 5.91 Å². The molecule has 1 heterocycles. The van der Waals surface area contributed by atoms with Crippen LogP contribution >= 0.6 is 11.6 Å². The number of carbonyl (C=O) groups excluding carboxylic acids is 2. The fourth-order valence-corrected chi connectivity index (χ4v) is 3.35. The van der Waals surface area contributed by atoms with Crippen molar-refractivity contribution in [1.29, 1.82) is 0 Å². The van der Waals surface area contributed by atoms with E-state index >= 15 is 0 Å². The zero-order chi connectivity index (χ0) is 22.8. The van der Waals surface area contributed by atoms with Crippen molar-refractivity contribution in [2.45, 2.75) is 18.6 Å². The van der Waals surface area contributed by atoms with E-state index in [1.165, 1.54) is 19.1 Å². The molecule has 11 heteroatoms. The molecule has 0 aromatic heterocycles. The van der Waals surface area contributed by atoms with Crippen molar-refractivity contribution in [2.75, 3.05) is 31.0 Å². The zero-order valence-electron chi connectivity index (χ0n) is 16.5. The Labute approximate surface area is 181 Å². The molecule has 1 saturated heterocycles. The third kappa shape index (κ3) is 5.13. The van der Waals surface area contributed by atoms with Gasteiger partial charge < -0.3 is 25.0 Å². The highest BCUT2D eigenvalue weighted by Gasteiger charge is 2.33. The van der Waals surface area contributed by atoms with E-state index in [2.05, 4.69) is 10.6 Å². The minimum atomic E-state index is -4.57. The lowest BCUT2D eigenvalue weighted by atomic mass is 10.2. The molecule has 7 nitrogen and oxygen atoms in total. The highest BCUT2D eigenvalue weighted by molar-refractivity contribution is 6.33. The average molecular weight is 458 g/mol. The lowest BCUT2D eigenvalue weighted by Gasteiger charge is -2.19. The van der Waals surface area contributed by atoms with Gasteiger partial charge in [-0.2, -0.15) is 13.2 Å². The Balaban J connectivity index is 1.67.